The molecule has 0 radical (unpaired) electrons. The summed E-state index contributed by atoms with van der Waals surface area (Å²) in [5.41, 5.74) is 2.18. The molecule has 1 saturated heterocycles. The molecule has 0 unspecified atom stereocenters. The van der Waals surface area contributed by atoms with Gasteiger partial charge in [-0.05, 0) is 61.7 Å². The zero-order valence-electron chi connectivity index (χ0n) is 23.1. The maximum atomic E-state index is 14.3. The summed E-state index contributed by atoms with van der Waals surface area (Å²) in [7, 11) is 0. The summed E-state index contributed by atoms with van der Waals surface area (Å²) in [5, 5.41) is 21.7. The minimum Gasteiger partial charge on any atom is -0.504 e. The molecule has 12 heteroatoms. The van der Waals surface area contributed by atoms with Crippen LogP contribution in [0.5, 0.6) is 23.0 Å². The van der Waals surface area contributed by atoms with Crippen molar-refractivity contribution in [3.8, 4) is 23.0 Å². The van der Waals surface area contributed by atoms with Crippen LogP contribution in [-0.4, -0.2) is 64.6 Å². The molecule has 0 spiro atoms. The van der Waals surface area contributed by atoms with E-state index in [1.165, 1.54) is 15.6 Å². The summed E-state index contributed by atoms with van der Waals surface area (Å²) in [5.74, 6) is 0.272. The Balaban J connectivity index is 1.43. The Labute approximate surface area is 241 Å². The average Bonchev–Trinajstić information content (AvgIpc) is 3.77. The Hall–Kier alpha value is -4.84. The lowest BCUT2D eigenvalue weighted by Crippen LogP contribution is -2.46. The number of benzene rings is 3. The van der Waals surface area contributed by atoms with Crippen LogP contribution in [-0.2, 0) is 20.9 Å². The molecular weight excluding hydrogens is 542 g/mol. The maximum Gasteiger partial charge on any atom is 0.249 e. The van der Waals surface area contributed by atoms with Gasteiger partial charge in [-0.25, -0.2) is 4.68 Å². The van der Waals surface area contributed by atoms with E-state index in [2.05, 4.69) is 15.6 Å². The molecule has 0 bridgehead atoms. The summed E-state index contributed by atoms with van der Waals surface area (Å²) in [6, 6.07) is 15.9. The Morgan fingerprint density at radius 2 is 2.00 bits per heavy atom. The lowest BCUT2D eigenvalue weighted by molar-refractivity contribution is -0.127. The molecule has 218 valence electrons. The number of amides is 2. The Morgan fingerprint density at radius 3 is 2.83 bits per heavy atom. The molecule has 2 N–H and O–H groups in total. The summed E-state index contributed by atoms with van der Waals surface area (Å²) in [6.45, 7) is 2.90. The van der Waals surface area contributed by atoms with Crippen LogP contribution >= 0.6 is 0 Å². The van der Waals surface area contributed by atoms with Gasteiger partial charge in [0, 0.05) is 24.9 Å². The topological polar surface area (TPSA) is 137 Å². The molecule has 42 heavy (non-hydrogen) atoms. The molecule has 2 aliphatic heterocycles. The minimum atomic E-state index is -1.14. The number of hydrogen-bond acceptors (Lipinski definition) is 9. The standard InChI is InChI=1S/C30H31N5O7/c1-2-39-26-14-19(9-11-24(26)36)29(30(38)31-16-21-6-5-13-40-21)35(20-10-12-25-27(15-20)42-18-41-25)28(37)17-34-23-8-4-3-7-22(23)32-33-34/h3-4,7-12,14-15,21,29,36H,2,5-6,13,16-18H2,1H3,(H,31,38)/t21-,29-/m1/s1. The molecule has 1 fully saturated rings. The van der Waals surface area contributed by atoms with Gasteiger partial charge >= 0.3 is 0 Å². The van der Waals surface area contributed by atoms with E-state index >= 15 is 0 Å². The van der Waals surface area contributed by atoms with Crippen molar-refractivity contribution in [3.05, 3.63) is 66.2 Å². The molecule has 2 aliphatic rings. The first kappa shape index (κ1) is 27.3. The third-order valence-corrected chi connectivity index (χ3v) is 7.24. The summed E-state index contributed by atoms with van der Waals surface area (Å²) >= 11 is 0. The number of nitrogens with zero attached hydrogens (tertiary/aromatic N) is 4. The van der Waals surface area contributed by atoms with E-state index in [0.29, 0.717) is 53.5 Å². The number of phenolic OH excluding ortho intramolecular Hbond substituents is 1. The van der Waals surface area contributed by atoms with Crippen LogP contribution in [0.15, 0.2) is 60.7 Å². The predicted octanol–water partition coefficient (Wildman–Crippen LogP) is 3.33. The molecule has 4 aromatic rings. The van der Waals surface area contributed by atoms with Crippen LogP contribution in [0.3, 0.4) is 0 Å². The van der Waals surface area contributed by atoms with Crippen molar-refractivity contribution in [1.29, 1.82) is 0 Å². The van der Waals surface area contributed by atoms with E-state index < -0.39 is 17.9 Å². The van der Waals surface area contributed by atoms with Gasteiger partial charge in [0.05, 0.1) is 18.2 Å². The molecule has 3 aromatic carbocycles. The fourth-order valence-electron chi connectivity index (χ4n) is 5.22. The second-order valence-corrected chi connectivity index (χ2v) is 9.98. The van der Waals surface area contributed by atoms with Crippen LogP contribution in [0.4, 0.5) is 5.69 Å². The number of rotatable bonds is 10. The molecule has 1 aromatic heterocycles. The average molecular weight is 574 g/mol. The first-order valence-electron chi connectivity index (χ1n) is 13.9. The highest BCUT2D eigenvalue weighted by Crippen LogP contribution is 2.39. The maximum absolute atomic E-state index is 14.3. The molecular formula is C30H31N5O7. The van der Waals surface area contributed by atoms with E-state index in [-0.39, 0.29) is 30.9 Å². The van der Waals surface area contributed by atoms with E-state index in [1.807, 2.05) is 24.3 Å². The number of aromatic hydroxyl groups is 1. The van der Waals surface area contributed by atoms with Gasteiger partial charge in [0.1, 0.15) is 18.1 Å². The largest absolute Gasteiger partial charge is 0.504 e. The van der Waals surface area contributed by atoms with E-state index in [0.717, 1.165) is 12.8 Å². The summed E-state index contributed by atoms with van der Waals surface area (Å²) in [4.78, 5) is 29.8. The third kappa shape index (κ3) is 5.53. The van der Waals surface area contributed by atoms with Gasteiger partial charge in [0.2, 0.25) is 18.6 Å². The second kappa shape index (κ2) is 12.0. The normalized spacial score (nSPS) is 16.4. The van der Waals surface area contributed by atoms with Crippen LogP contribution in [0, 0.1) is 0 Å². The van der Waals surface area contributed by atoms with Crippen LogP contribution in [0.2, 0.25) is 0 Å². The van der Waals surface area contributed by atoms with Crippen LogP contribution in [0.25, 0.3) is 11.0 Å². The Kier molecular flexibility index (Phi) is 7.78. The number of para-hydroxylation sites is 1. The number of carbonyl (C=O) groups is 2. The number of nitrogens with one attached hydrogen (secondary N) is 1. The lowest BCUT2D eigenvalue weighted by atomic mass is 10.0. The minimum absolute atomic E-state index is 0.0542. The Bertz CT molecular complexity index is 1600. The van der Waals surface area contributed by atoms with E-state index in [4.69, 9.17) is 18.9 Å². The summed E-state index contributed by atoms with van der Waals surface area (Å²) < 4.78 is 23.9. The predicted molar refractivity (Wildman–Crippen MR) is 152 cm³/mol. The fourth-order valence-corrected chi connectivity index (χ4v) is 5.22. The molecule has 3 heterocycles. The van der Waals surface area contributed by atoms with Crippen molar-refractivity contribution < 1.29 is 33.6 Å². The van der Waals surface area contributed by atoms with Gasteiger partial charge in [0.15, 0.2) is 23.0 Å². The van der Waals surface area contributed by atoms with Gasteiger partial charge in [-0.2, -0.15) is 0 Å². The van der Waals surface area contributed by atoms with Crippen molar-refractivity contribution in [2.24, 2.45) is 0 Å². The molecule has 12 nitrogen and oxygen atoms in total. The number of fused-ring (bicyclic) bond motifs is 2. The molecule has 6 rings (SSSR count). The highest BCUT2D eigenvalue weighted by molar-refractivity contribution is 6.02. The van der Waals surface area contributed by atoms with Crippen LogP contribution < -0.4 is 24.4 Å². The molecule has 2 amide bonds. The third-order valence-electron chi connectivity index (χ3n) is 7.24. The van der Waals surface area contributed by atoms with E-state index in [1.54, 1.807) is 37.3 Å². The summed E-state index contributed by atoms with van der Waals surface area (Å²) in [6.07, 6.45) is 1.65. The number of phenols is 1. The van der Waals surface area contributed by atoms with Crippen molar-refractivity contribution in [2.75, 3.05) is 31.5 Å². The highest BCUT2D eigenvalue weighted by Gasteiger charge is 2.35. The number of ether oxygens (including phenoxy) is 4. The van der Waals surface area contributed by atoms with Crippen molar-refractivity contribution >= 4 is 28.5 Å². The monoisotopic (exact) mass is 573 g/mol. The van der Waals surface area contributed by atoms with Gasteiger partial charge in [-0.1, -0.05) is 23.4 Å². The van der Waals surface area contributed by atoms with Gasteiger partial charge in [0.25, 0.3) is 0 Å². The number of aromatic nitrogens is 3. The van der Waals surface area contributed by atoms with Gasteiger partial charge < -0.3 is 29.4 Å². The van der Waals surface area contributed by atoms with Gasteiger partial charge in [-0.3, -0.25) is 14.5 Å². The number of anilines is 1. The quantitative estimate of drug-likeness (QED) is 0.293. The Morgan fingerprint density at radius 1 is 1.14 bits per heavy atom. The first-order chi connectivity index (χ1) is 20.5. The van der Waals surface area contributed by atoms with Crippen molar-refractivity contribution in [2.45, 2.75) is 38.5 Å². The molecule has 2 atom stereocenters. The smallest absolute Gasteiger partial charge is 0.249 e. The zero-order valence-corrected chi connectivity index (χ0v) is 23.1. The fraction of sp³-hybridized carbons (Fsp3) is 0.333. The molecule has 0 aliphatic carbocycles. The number of hydrogen-bond donors (Lipinski definition) is 2. The SMILES string of the molecule is CCOc1cc([C@H](C(=O)NC[C@H]2CCCO2)N(C(=O)Cn2nnc3ccccc32)c2ccc3c(c2)OCO3)ccc1O. The van der Waals surface area contributed by atoms with Crippen molar-refractivity contribution in [3.63, 3.8) is 0 Å². The lowest BCUT2D eigenvalue weighted by Gasteiger charge is -2.32. The highest BCUT2D eigenvalue weighted by atomic mass is 16.7. The van der Waals surface area contributed by atoms with Crippen molar-refractivity contribution in [1.82, 2.24) is 20.3 Å². The first-order valence-corrected chi connectivity index (χ1v) is 13.9. The van der Waals surface area contributed by atoms with E-state index in [9.17, 15) is 14.7 Å². The second-order valence-electron chi connectivity index (χ2n) is 9.98. The molecule has 0 saturated carbocycles. The van der Waals surface area contributed by atoms with Gasteiger partial charge in [-0.15, -0.1) is 5.10 Å². The zero-order chi connectivity index (χ0) is 29.1. The number of carbonyl (C=O) groups excluding carboxylic acids is 2. The van der Waals surface area contributed by atoms with Crippen LogP contribution in [0.1, 0.15) is 31.4 Å².